The Kier molecular flexibility index (Phi) is 7.57. The van der Waals surface area contributed by atoms with Crippen LogP contribution in [0.1, 0.15) is 45.2 Å². The Morgan fingerprint density at radius 2 is 1.64 bits per heavy atom. The highest BCUT2D eigenvalue weighted by Crippen LogP contribution is 2.36. The van der Waals surface area contributed by atoms with Crippen molar-refractivity contribution in [3.05, 3.63) is 70.8 Å². The minimum atomic E-state index is -1.53. The Morgan fingerprint density at radius 3 is 2.33 bits per heavy atom. The molecule has 2 aliphatic heterocycles. The van der Waals surface area contributed by atoms with E-state index >= 15 is 0 Å². The van der Waals surface area contributed by atoms with Gasteiger partial charge in [0.15, 0.2) is 0 Å². The van der Waals surface area contributed by atoms with Gasteiger partial charge in [0.25, 0.3) is 11.8 Å². The van der Waals surface area contributed by atoms with Gasteiger partial charge in [-0.3, -0.25) is 14.5 Å². The molecule has 0 saturated carbocycles. The molecule has 2 heterocycles. The van der Waals surface area contributed by atoms with E-state index in [0.717, 1.165) is 5.56 Å². The highest BCUT2D eigenvalue weighted by Gasteiger charge is 2.44. The van der Waals surface area contributed by atoms with Crippen molar-refractivity contribution in [2.75, 3.05) is 13.2 Å². The van der Waals surface area contributed by atoms with Gasteiger partial charge in [0.1, 0.15) is 42.5 Å². The van der Waals surface area contributed by atoms with Gasteiger partial charge in [0.2, 0.25) is 6.29 Å². The van der Waals surface area contributed by atoms with Crippen LogP contribution in [-0.4, -0.2) is 81.0 Å². The molecule has 0 aromatic heterocycles. The molecule has 3 aromatic rings. The molecule has 0 aliphatic carbocycles. The maximum absolute atomic E-state index is 13.0. The van der Waals surface area contributed by atoms with Crippen LogP contribution in [0.4, 0.5) is 0 Å². The van der Waals surface area contributed by atoms with Gasteiger partial charge in [-0.25, -0.2) is 0 Å². The van der Waals surface area contributed by atoms with Crippen LogP contribution in [0.25, 0.3) is 10.8 Å². The van der Waals surface area contributed by atoms with Crippen LogP contribution in [0.15, 0.2) is 48.5 Å². The Labute approximate surface area is 225 Å². The molecule has 2 aliphatic rings. The number of ether oxygens (including phenoxy) is 3. The van der Waals surface area contributed by atoms with Crippen molar-refractivity contribution in [1.29, 1.82) is 0 Å². The molecule has 3 aromatic carbocycles. The summed E-state index contributed by atoms with van der Waals surface area (Å²) in [6.45, 7) is 3.73. The molecular weight excluding hydrogens is 506 g/mol. The average Bonchev–Trinajstić information content (AvgIpc) is 2.94. The standard InChI is InChI=1S/C29H31NO9/c1-3-11-30-27(35)18-6-4-5-17-21(10-8-19(23(17)18)28(30)36)37-14-16-7-9-20(15(2)12-16)38-29-26(34)25(33)24(32)22(13-31)39-29/h4-10,12,22,24-26,29,31-34H,3,11,13-14H2,1-2H3/t22-,24+,25+,26-,29-/m0/s1. The summed E-state index contributed by atoms with van der Waals surface area (Å²) in [6, 6.07) is 14.0. The molecule has 4 N–H and O–H groups in total. The lowest BCUT2D eigenvalue weighted by molar-refractivity contribution is -0.277. The third-order valence-corrected chi connectivity index (χ3v) is 7.12. The maximum atomic E-state index is 13.0. The van der Waals surface area contributed by atoms with Crippen LogP contribution in [0, 0.1) is 6.92 Å². The number of hydrogen-bond acceptors (Lipinski definition) is 9. The first-order chi connectivity index (χ1) is 18.7. The third-order valence-electron chi connectivity index (χ3n) is 7.12. The molecule has 39 heavy (non-hydrogen) atoms. The molecule has 1 fully saturated rings. The van der Waals surface area contributed by atoms with Gasteiger partial charge in [-0.15, -0.1) is 0 Å². The highest BCUT2D eigenvalue weighted by molar-refractivity contribution is 6.26. The van der Waals surface area contributed by atoms with Crippen LogP contribution in [-0.2, 0) is 11.3 Å². The Balaban J connectivity index is 1.33. The molecular formula is C29H31NO9. The molecule has 10 nitrogen and oxygen atoms in total. The molecule has 2 amide bonds. The van der Waals surface area contributed by atoms with Gasteiger partial charge >= 0.3 is 0 Å². The lowest BCUT2D eigenvalue weighted by Crippen LogP contribution is -2.60. The smallest absolute Gasteiger partial charge is 0.261 e. The van der Waals surface area contributed by atoms with Crippen LogP contribution in [0.2, 0.25) is 0 Å². The van der Waals surface area contributed by atoms with Gasteiger partial charge in [-0.1, -0.05) is 25.1 Å². The van der Waals surface area contributed by atoms with Crippen molar-refractivity contribution in [3.8, 4) is 11.5 Å². The van der Waals surface area contributed by atoms with Crippen LogP contribution in [0.3, 0.4) is 0 Å². The van der Waals surface area contributed by atoms with Gasteiger partial charge in [-0.05, 0) is 54.8 Å². The zero-order valence-electron chi connectivity index (χ0n) is 21.6. The number of carbonyl (C=O) groups is 2. The summed E-state index contributed by atoms with van der Waals surface area (Å²) < 4.78 is 17.3. The van der Waals surface area contributed by atoms with Crippen molar-refractivity contribution in [3.63, 3.8) is 0 Å². The number of carbonyl (C=O) groups excluding carboxylic acids is 2. The van der Waals surface area contributed by atoms with E-state index in [4.69, 9.17) is 14.2 Å². The first kappa shape index (κ1) is 27.0. The minimum Gasteiger partial charge on any atom is -0.488 e. The number of aliphatic hydroxyl groups is 4. The van der Waals surface area contributed by atoms with E-state index in [1.165, 1.54) is 4.90 Å². The lowest BCUT2D eigenvalue weighted by Gasteiger charge is -2.39. The van der Waals surface area contributed by atoms with E-state index < -0.39 is 37.3 Å². The van der Waals surface area contributed by atoms with Crippen molar-refractivity contribution in [1.82, 2.24) is 4.90 Å². The first-order valence-electron chi connectivity index (χ1n) is 12.9. The monoisotopic (exact) mass is 537 g/mol. The number of hydrogen-bond donors (Lipinski definition) is 4. The SMILES string of the molecule is CCCN1C(=O)c2cccc3c(OCc4ccc(O[C@H]5O[C@@H](CO)[C@@H](O)[C@@H](O)[C@@H]5O)c(C)c4)ccc(c23)C1=O. The van der Waals surface area contributed by atoms with Crippen molar-refractivity contribution < 1.29 is 44.2 Å². The largest absolute Gasteiger partial charge is 0.488 e. The molecule has 206 valence electrons. The van der Waals surface area contributed by atoms with Gasteiger partial charge in [0, 0.05) is 28.4 Å². The third kappa shape index (κ3) is 4.86. The zero-order valence-corrected chi connectivity index (χ0v) is 21.6. The zero-order chi connectivity index (χ0) is 27.8. The van der Waals surface area contributed by atoms with Crippen LogP contribution in [0.5, 0.6) is 11.5 Å². The summed E-state index contributed by atoms with van der Waals surface area (Å²) in [5.74, 6) is 0.322. The van der Waals surface area contributed by atoms with Gasteiger partial charge in [-0.2, -0.15) is 0 Å². The number of aryl methyl sites for hydroxylation is 1. The van der Waals surface area contributed by atoms with E-state index in [2.05, 4.69) is 0 Å². The molecule has 0 radical (unpaired) electrons. The molecule has 5 atom stereocenters. The summed E-state index contributed by atoms with van der Waals surface area (Å²) in [4.78, 5) is 27.3. The summed E-state index contributed by atoms with van der Waals surface area (Å²) in [6.07, 6.45) is -6.17. The number of benzene rings is 3. The number of rotatable bonds is 8. The molecule has 0 bridgehead atoms. The van der Waals surface area contributed by atoms with E-state index in [0.29, 0.717) is 51.9 Å². The van der Waals surface area contributed by atoms with Crippen molar-refractivity contribution >= 4 is 22.6 Å². The fraction of sp³-hybridized carbons (Fsp3) is 0.379. The summed E-state index contributed by atoms with van der Waals surface area (Å²) in [5.41, 5.74) is 2.48. The fourth-order valence-electron chi connectivity index (χ4n) is 5.06. The Hall–Kier alpha value is -3.54. The molecule has 1 saturated heterocycles. The Morgan fingerprint density at radius 1 is 0.923 bits per heavy atom. The second kappa shape index (κ2) is 10.9. The first-order valence-corrected chi connectivity index (χ1v) is 12.9. The number of aliphatic hydroxyl groups excluding tert-OH is 4. The van der Waals surface area contributed by atoms with Gasteiger partial charge < -0.3 is 34.6 Å². The van der Waals surface area contributed by atoms with E-state index in [1.807, 2.05) is 19.1 Å². The second-order valence-corrected chi connectivity index (χ2v) is 9.80. The van der Waals surface area contributed by atoms with Crippen molar-refractivity contribution in [2.24, 2.45) is 0 Å². The van der Waals surface area contributed by atoms with Crippen LogP contribution >= 0.6 is 0 Å². The van der Waals surface area contributed by atoms with E-state index in [1.54, 1.807) is 43.3 Å². The van der Waals surface area contributed by atoms with Gasteiger partial charge in [0.05, 0.1) is 6.61 Å². The van der Waals surface area contributed by atoms with Crippen LogP contribution < -0.4 is 9.47 Å². The van der Waals surface area contributed by atoms with Crippen molar-refractivity contribution in [2.45, 2.75) is 57.6 Å². The van der Waals surface area contributed by atoms with E-state index in [9.17, 15) is 30.0 Å². The second-order valence-electron chi connectivity index (χ2n) is 9.80. The maximum Gasteiger partial charge on any atom is 0.261 e. The number of amides is 2. The molecule has 0 unspecified atom stereocenters. The fourth-order valence-corrected chi connectivity index (χ4v) is 5.06. The summed E-state index contributed by atoms with van der Waals surface area (Å²) in [5, 5.41) is 40.9. The summed E-state index contributed by atoms with van der Waals surface area (Å²) >= 11 is 0. The van der Waals surface area contributed by atoms with E-state index in [-0.39, 0.29) is 18.4 Å². The number of imide groups is 1. The topological polar surface area (TPSA) is 146 Å². The lowest BCUT2D eigenvalue weighted by atomic mass is 9.93. The Bertz CT molecular complexity index is 1380. The summed E-state index contributed by atoms with van der Waals surface area (Å²) in [7, 11) is 0. The highest BCUT2D eigenvalue weighted by atomic mass is 16.7. The molecule has 10 heteroatoms. The molecule has 5 rings (SSSR count). The predicted molar refractivity (Wildman–Crippen MR) is 140 cm³/mol. The molecule has 0 spiro atoms. The normalized spacial score (nSPS) is 24.8. The average molecular weight is 538 g/mol. The quantitative estimate of drug-likeness (QED) is 0.317. The minimum absolute atomic E-state index is 0.198. The number of nitrogens with zero attached hydrogens (tertiary/aromatic N) is 1. The predicted octanol–water partition coefficient (Wildman–Crippen LogP) is 1.91.